The molecule has 21 heavy (non-hydrogen) atoms. The number of hydrogen-bond donors (Lipinski definition) is 0. The number of allylic oxidation sites excluding steroid dienone is 2. The highest BCUT2D eigenvalue weighted by molar-refractivity contribution is 5.24. The van der Waals surface area contributed by atoms with Gasteiger partial charge in [-0.15, -0.1) is 0 Å². The molecule has 0 heterocycles. The van der Waals surface area contributed by atoms with E-state index in [-0.39, 0.29) is 0 Å². The van der Waals surface area contributed by atoms with E-state index in [9.17, 15) is 0 Å². The van der Waals surface area contributed by atoms with Crippen molar-refractivity contribution < 1.29 is 0 Å². The van der Waals surface area contributed by atoms with Crippen LogP contribution in [0.25, 0.3) is 0 Å². The first-order chi connectivity index (χ1) is 9.97. The highest BCUT2D eigenvalue weighted by Gasteiger charge is 2.59. The van der Waals surface area contributed by atoms with Gasteiger partial charge in [-0.3, -0.25) is 0 Å². The highest BCUT2D eigenvalue weighted by atomic mass is 14.6. The van der Waals surface area contributed by atoms with Crippen LogP contribution >= 0.6 is 0 Å². The van der Waals surface area contributed by atoms with Crippen molar-refractivity contribution in [1.29, 1.82) is 0 Å². The van der Waals surface area contributed by atoms with E-state index in [0.717, 1.165) is 29.6 Å². The molecule has 0 aromatic carbocycles. The summed E-state index contributed by atoms with van der Waals surface area (Å²) in [6, 6.07) is 0. The van der Waals surface area contributed by atoms with E-state index in [2.05, 4.69) is 33.8 Å². The summed E-state index contributed by atoms with van der Waals surface area (Å²) in [5.41, 5.74) is 3.08. The standard InChI is InChI=1S/C21H34/c1-14-13-21(4)15(2)8-11-18(21)17-10-9-16-7-5-6-12-20(16,3)19(14)17/h7,14-15,17-19H,5-6,8-13H2,1-4H3. The third-order valence-corrected chi connectivity index (χ3v) is 8.74. The first-order valence-electron chi connectivity index (χ1n) is 9.66. The minimum atomic E-state index is 0.563. The molecule has 3 saturated carbocycles. The van der Waals surface area contributed by atoms with Gasteiger partial charge in [-0.1, -0.05) is 39.3 Å². The van der Waals surface area contributed by atoms with Gasteiger partial charge in [0.05, 0.1) is 0 Å². The molecule has 0 aliphatic heterocycles. The lowest BCUT2D eigenvalue weighted by atomic mass is 9.44. The van der Waals surface area contributed by atoms with Crippen molar-refractivity contribution in [3.8, 4) is 0 Å². The molecule has 0 heteroatoms. The molecule has 0 N–H and O–H groups in total. The second-order valence-electron chi connectivity index (χ2n) is 9.54. The van der Waals surface area contributed by atoms with Crippen LogP contribution in [0, 0.1) is 40.4 Å². The molecule has 118 valence electrons. The van der Waals surface area contributed by atoms with Crippen molar-refractivity contribution in [1.82, 2.24) is 0 Å². The molecule has 0 bridgehead atoms. The topological polar surface area (TPSA) is 0 Å². The number of hydrogen-bond acceptors (Lipinski definition) is 0. The fourth-order valence-corrected chi connectivity index (χ4v) is 7.71. The largest absolute Gasteiger partial charge is 0.0848 e. The second kappa shape index (κ2) is 4.62. The van der Waals surface area contributed by atoms with Crippen molar-refractivity contribution in [3.63, 3.8) is 0 Å². The van der Waals surface area contributed by atoms with Crippen molar-refractivity contribution >= 4 is 0 Å². The quantitative estimate of drug-likeness (QED) is 0.464. The van der Waals surface area contributed by atoms with Crippen LogP contribution in [0.4, 0.5) is 0 Å². The van der Waals surface area contributed by atoms with Crippen molar-refractivity contribution in [3.05, 3.63) is 11.6 Å². The lowest BCUT2D eigenvalue weighted by Gasteiger charge is -2.60. The average Bonchev–Trinajstić information content (AvgIpc) is 2.73. The van der Waals surface area contributed by atoms with Crippen LogP contribution in [0.2, 0.25) is 0 Å². The molecule has 7 atom stereocenters. The van der Waals surface area contributed by atoms with E-state index < -0.39 is 0 Å². The zero-order valence-corrected chi connectivity index (χ0v) is 14.6. The third kappa shape index (κ3) is 1.80. The molecule has 0 nitrogen and oxygen atoms in total. The summed E-state index contributed by atoms with van der Waals surface area (Å²) in [6.07, 6.45) is 14.4. The van der Waals surface area contributed by atoms with E-state index in [1.54, 1.807) is 0 Å². The normalized spacial score (nSPS) is 56.2. The van der Waals surface area contributed by atoms with E-state index in [1.165, 1.54) is 51.4 Å². The van der Waals surface area contributed by atoms with E-state index in [1.807, 2.05) is 5.57 Å². The summed E-state index contributed by atoms with van der Waals surface area (Å²) < 4.78 is 0. The minimum absolute atomic E-state index is 0.563. The van der Waals surface area contributed by atoms with Gasteiger partial charge in [0.25, 0.3) is 0 Å². The zero-order valence-electron chi connectivity index (χ0n) is 14.6. The molecule has 0 amide bonds. The zero-order chi connectivity index (χ0) is 14.8. The predicted molar refractivity (Wildman–Crippen MR) is 90.0 cm³/mol. The van der Waals surface area contributed by atoms with E-state index in [4.69, 9.17) is 0 Å². The van der Waals surface area contributed by atoms with Gasteiger partial charge in [-0.25, -0.2) is 0 Å². The third-order valence-electron chi connectivity index (χ3n) is 8.74. The van der Waals surface area contributed by atoms with Gasteiger partial charge in [-0.2, -0.15) is 0 Å². The van der Waals surface area contributed by atoms with E-state index in [0.29, 0.717) is 10.8 Å². The molecule has 4 aliphatic rings. The monoisotopic (exact) mass is 286 g/mol. The Bertz CT molecular complexity index is 461. The summed E-state index contributed by atoms with van der Waals surface area (Å²) in [6.45, 7) is 10.4. The first kappa shape index (κ1) is 14.3. The molecule has 0 spiro atoms. The summed E-state index contributed by atoms with van der Waals surface area (Å²) in [5, 5.41) is 0. The maximum atomic E-state index is 2.65. The molecule has 4 aliphatic carbocycles. The lowest BCUT2D eigenvalue weighted by Crippen LogP contribution is -2.53. The Hall–Kier alpha value is -0.260. The Labute approximate surface area is 131 Å². The Morgan fingerprint density at radius 1 is 1.10 bits per heavy atom. The van der Waals surface area contributed by atoms with Crippen LogP contribution in [-0.4, -0.2) is 0 Å². The molecular formula is C21H34. The van der Waals surface area contributed by atoms with Crippen LogP contribution in [0.5, 0.6) is 0 Å². The van der Waals surface area contributed by atoms with Crippen LogP contribution in [0.3, 0.4) is 0 Å². The fraction of sp³-hybridized carbons (Fsp3) is 0.905. The Kier molecular flexibility index (Phi) is 3.15. The SMILES string of the molecule is CC1CC2(C)C(C)CCC2C2CCC3=CCCCC3(C)C12. The highest BCUT2D eigenvalue weighted by Crippen LogP contribution is 2.68. The summed E-state index contributed by atoms with van der Waals surface area (Å²) in [5.74, 6) is 4.95. The molecule has 0 radical (unpaired) electrons. The van der Waals surface area contributed by atoms with Crippen molar-refractivity contribution in [2.24, 2.45) is 40.4 Å². The lowest BCUT2D eigenvalue weighted by molar-refractivity contribution is -0.0832. The van der Waals surface area contributed by atoms with Gasteiger partial charge in [0, 0.05) is 0 Å². The van der Waals surface area contributed by atoms with E-state index >= 15 is 0 Å². The van der Waals surface area contributed by atoms with Crippen molar-refractivity contribution in [2.75, 3.05) is 0 Å². The van der Waals surface area contributed by atoms with Gasteiger partial charge in [0.15, 0.2) is 0 Å². The van der Waals surface area contributed by atoms with Gasteiger partial charge < -0.3 is 0 Å². The molecule has 0 aromatic rings. The summed E-state index contributed by atoms with van der Waals surface area (Å²) in [4.78, 5) is 0. The Morgan fingerprint density at radius 3 is 2.71 bits per heavy atom. The van der Waals surface area contributed by atoms with Gasteiger partial charge in [0.2, 0.25) is 0 Å². The molecule has 4 rings (SSSR count). The molecule has 0 aromatic heterocycles. The number of rotatable bonds is 0. The molecule has 7 unspecified atom stereocenters. The predicted octanol–water partition coefficient (Wildman–Crippen LogP) is 6.22. The van der Waals surface area contributed by atoms with Crippen LogP contribution < -0.4 is 0 Å². The molecular weight excluding hydrogens is 252 g/mol. The average molecular weight is 287 g/mol. The number of fused-ring (bicyclic) bond motifs is 5. The fourth-order valence-electron chi connectivity index (χ4n) is 7.71. The summed E-state index contributed by atoms with van der Waals surface area (Å²) in [7, 11) is 0. The van der Waals surface area contributed by atoms with Gasteiger partial charge in [-0.05, 0) is 91.8 Å². The van der Waals surface area contributed by atoms with Crippen LogP contribution in [0.1, 0.15) is 79.1 Å². The smallest absolute Gasteiger partial charge is 0.00828 e. The van der Waals surface area contributed by atoms with Crippen molar-refractivity contribution in [2.45, 2.75) is 79.1 Å². The Morgan fingerprint density at radius 2 is 1.90 bits per heavy atom. The first-order valence-corrected chi connectivity index (χ1v) is 9.66. The Balaban J connectivity index is 1.73. The second-order valence-corrected chi connectivity index (χ2v) is 9.54. The minimum Gasteiger partial charge on any atom is -0.0848 e. The van der Waals surface area contributed by atoms with Crippen LogP contribution in [0.15, 0.2) is 11.6 Å². The summed E-state index contributed by atoms with van der Waals surface area (Å²) >= 11 is 0. The van der Waals surface area contributed by atoms with Crippen LogP contribution in [-0.2, 0) is 0 Å². The molecule has 0 saturated heterocycles. The maximum Gasteiger partial charge on any atom is -0.00828 e. The maximum absolute atomic E-state index is 2.65. The van der Waals surface area contributed by atoms with Gasteiger partial charge >= 0.3 is 0 Å². The van der Waals surface area contributed by atoms with Gasteiger partial charge in [0.1, 0.15) is 0 Å². The molecule has 3 fully saturated rings.